The minimum Gasteiger partial charge on any atom is -0.386 e. The molecule has 2 bridgehead atoms. The van der Waals surface area contributed by atoms with Gasteiger partial charge in [0.2, 0.25) is 0 Å². The van der Waals surface area contributed by atoms with E-state index in [4.69, 9.17) is 37.9 Å². The molecule has 0 spiro atoms. The van der Waals surface area contributed by atoms with Crippen molar-refractivity contribution in [1.29, 1.82) is 0 Å². The molecule has 0 unspecified atom stereocenters. The van der Waals surface area contributed by atoms with Crippen molar-refractivity contribution in [3.05, 3.63) is 47.6 Å². The van der Waals surface area contributed by atoms with Crippen molar-refractivity contribution in [3.63, 3.8) is 0 Å². The Hall–Kier alpha value is -1.52. The maximum Gasteiger partial charge on any atom is 0.169 e. The van der Waals surface area contributed by atoms with Crippen LogP contribution in [-0.2, 0) is 37.9 Å². The zero-order valence-corrected chi connectivity index (χ0v) is 48.1. The smallest absolute Gasteiger partial charge is 0.169 e. The third-order valence-electron chi connectivity index (χ3n) is 17.4. The van der Waals surface area contributed by atoms with Gasteiger partial charge in [-0.2, -0.15) is 0 Å². The first kappa shape index (κ1) is 62.3. The van der Waals surface area contributed by atoms with Crippen LogP contribution >= 0.6 is 0 Å². The second-order valence-electron chi connectivity index (χ2n) is 23.8. The molecule has 4 aliphatic heterocycles. The second-order valence-corrected chi connectivity index (χ2v) is 23.8. The molecular formula is C61H108N2O10. The fraction of sp³-hybridized carbons (Fsp3) is 0.869. The molecule has 5 rings (SSSR count). The van der Waals surface area contributed by atoms with Gasteiger partial charge in [-0.15, -0.1) is 0 Å². The number of allylic oxidation sites excluding steroid dienone is 6. The lowest BCUT2D eigenvalue weighted by Crippen LogP contribution is -2.51. The number of hydrogen-bond acceptors (Lipinski definition) is 12. The van der Waals surface area contributed by atoms with Gasteiger partial charge in [-0.3, -0.25) is 9.80 Å². The predicted octanol–water partition coefficient (Wildman–Crippen LogP) is 10.7. The first-order valence-electron chi connectivity index (χ1n) is 29.4. The van der Waals surface area contributed by atoms with Crippen molar-refractivity contribution in [2.24, 2.45) is 35.5 Å². The number of rotatable bonds is 14. The summed E-state index contributed by atoms with van der Waals surface area (Å²) >= 11 is 0. The van der Waals surface area contributed by atoms with Crippen molar-refractivity contribution >= 4 is 0 Å². The normalized spacial score (nSPS) is 40.1. The van der Waals surface area contributed by atoms with Gasteiger partial charge in [0.1, 0.15) is 6.10 Å². The third-order valence-corrected chi connectivity index (χ3v) is 17.4. The Balaban J connectivity index is 1.30. The average Bonchev–Trinajstić information content (AvgIpc) is 3.37. The Kier molecular flexibility index (Phi) is 28.2. The molecule has 4 fully saturated rings. The summed E-state index contributed by atoms with van der Waals surface area (Å²) in [5.74, 6) is 0.754. The van der Waals surface area contributed by atoms with E-state index in [0.29, 0.717) is 62.4 Å². The average molecular weight is 1030 g/mol. The monoisotopic (exact) mass is 1030 g/mol. The van der Waals surface area contributed by atoms with Crippen molar-refractivity contribution in [3.8, 4) is 0 Å². The first-order valence-corrected chi connectivity index (χ1v) is 29.4. The number of morpholine rings is 1. The van der Waals surface area contributed by atoms with E-state index in [1.54, 1.807) is 14.2 Å². The van der Waals surface area contributed by atoms with Gasteiger partial charge in [0, 0.05) is 78.9 Å². The van der Waals surface area contributed by atoms with Gasteiger partial charge < -0.3 is 48.1 Å². The molecule has 4 heterocycles. The molecule has 5 aliphatic rings. The Morgan fingerprint density at radius 1 is 0.753 bits per heavy atom. The highest BCUT2D eigenvalue weighted by Gasteiger charge is 2.43. The maximum atomic E-state index is 12.3. The number of aliphatic hydroxyl groups is 2. The van der Waals surface area contributed by atoms with Crippen molar-refractivity contribution in [2.75, 3.05) is 87.1 Å². The number of methoxy groups -OCH3 is 3. The fourth-order valence-corrected chi connectivity index (χ4v) is 12.8. The topological polar surface area (TPSA) is 121 Å². The highest BCUT2D eigenvalue weighted by molar-refractivity contribution is 5.19. The first-order chi connectivity index (χ1) is 35.1. The van der Waals surface area contributed by atoms with Gasteiger partial charge in [0.25, 0.3) is 0 Å². The largest absolute Gasteiger partial charge is 0.386 e. The summed E-state index contributed by atoms with van der Waals surface area (Å²) in [6.07, 6.45) is 28.0. The Morgan fingerprint density at radius 3 is 2.33 bits per heavy atom. The van der Waals surface area contributed by atoms with E-state index in [0.717, 1.165) is 141 Å². The number of hydrogen-bond donors (Lipinski definition) is 2. The van der Waals surface area contributed by atoms with Gasteiger partial charge in [-0.1, -0.05) is 77.5 Å². The summed E-state index contributed by atoms with van der Waals surface area (Å²) in [6.45, 7) is 25.9. The molecule has 12 heteroatoms. The number of aliphatic hydroxyl groups excluding tert-OH is 1. The molecule has 0 amide bonds. The van der Waals surface area contributed by atoms with Crippen LogP contribution in [0.15, 0.2) is 47.6 Å². The lowest BCUT2D eigenvalue weighted by molar-refractivity contribution is -0.288. The van der Waals surface area contributed by atoms with Crippen molar-refractivity contribution in [1.82, 2.24) is 9.80 Å². The molecule has 3 saturated heterocycles. The standard InChI is InChI=1S/C61H108N2O10/c1-44-18-13-12-14-19-47(4)57(71-35-34-66-9)41-54-24-22-50(7)61(65,73-54)27-30-63-29-16-15-20-53(63)43-72-55(25-21-45(2)37-49(6)60(64)59(68-11)38-46(3)36-44)48(5)39-52-23-26-56(58(40-52)67-10)70-32-17-28-62-31-33-69-51(8)42-62/h12-14,18-19,37,44-46,48,50-60,64-65H,15-17,20-36,38-43H2,1-11H3/b14-12+,18-13+,47-19+,49-37+/t44-,45-,46-,48-,50-,51+,52+,53+,54+,55+,56-,57+,58-,59-,60-,61-/m1/s1. The van der Waals surface area contributed by atoms with Gasteiger partial charge >= 0.3 is 0 Å². The molecule has 0 aromatic rings. The van der Waals surface area contributed by atoms with E-state index in [-0.39, 0.29) is 54.5 Å². The molecule has 16 atom stereocenters. The van der Waals surface area contributed by atoms with E-state index < -0.39 is 11.9 Å². The van der Waals surface area contributed by atoms with E-state index >= 15 is 0 Å². The van der Waals surface area contributed by atoms with E-state index in [2.05, 4.69) is 102 Å². The highest BCUT2D eigenvalue weighted by Crippen LogP contribution is 2.39. The zero-order valence-electron chi connectivity index (χ0n) is 48.1. The molecule has 1 aliphatic carbocycles. The molecule has 2 N–H and O–H groups in total. The van der Waals surface area contributed by atoms with Crippen LogP contribution in [0, 0.1) is 35.5 Å². The van der Waals surface area contributed by atoms with Gasteiger partial charge in [-0.05, 0) is 152 Å². The number of ether oxygens (including phenoxy) is 8. The van der Waals surface area contributed by atoms with Crippen molar-refractivity contribution in [2.45, 2.75) is 219 Å². The molecule has 0 aromatic heterocycles. The maximum absolute atomic E-state index is 12.3. The van der Waals surface area contributed by atoms with E-state index in [1.807, 2.05) is 7.11 Å². The minimum absolute atomic E-state index is 0.0348. The lowest BCUT2D eigenvalue weighted by Gasteiger charge is -2.45. The number of nitrogens with zero attached hydrogens (tertiary/aromatic N) is 2. The van der Waals surface area contributed by atoms with Gasteiger partial charge in [0.15, 0.2) is 5.79 Å². The van der Waals surface area contributed by atoms with Crippen LogP contribution < -0.4 is 0 Å². The summed E-state index contributed by atoms with van der Waals surface area (Å²) in [5.41, 5.74) is 2.11. The van der Waals surface area contributed by atoms with Gasteiger partial charge in [0.05, 0.1) is 69.2 Å². The Labute approximate surface area is 445 Å². The summed E-state index contributed by atoms with van der Waals surface area (Å²) in [6, 6.07) is 0.287. The predicted molar refractivity (Wildman–Crippen MR) is 295 cm³/mol. The third kappa shape index (κ3) is 21.3. The van der Waals surface area contributed by atoms with Crippen LogP contribution in [0.4, 0.5) is 0 Å². The summed E-state index contributed by atoms with van der Waals surface area (Å²) in [7, 11) is 5.30. The number of fused-ring (bicyclic) bond motifs is 3. The van der Waals surface area contributed by atoms with Crippen LogP contribution in [0.3, 0.4) is 0 Å². The summed E-state index contributed by atoms with van der Waals surface area (Å²) in [4.78, 5) is 5.08. The van der Waals surface area contributed by atoms with Crippen LogP contribution in [0.2, 0.25) is 0 Å². The Morgan fingerprint density at radius 2 is 1.56 bits per heavy atom. The van der Waals surface area contributed by atoms with Crippen LogP contribution in [0.1, 0.15) is 158 Å². The molecule has 0 radical (unpaired) electrons. The van der Waals surface area contributed by atoms with Crippen LogP contribution in [0.25, 0.3) is 0 Å². The number of piperidine rings is 1. The van der Waals surface area contributed by atoms with Crippen LogP contribution in [-0.4, -0.2) is 168 Å². The quantitative estimate of drug-likeness (QED) is 0.127. The molecule has 73 heavy (non-hydrogen) atoms. The molecule has 422 valence electrons. The Bertz CT molecular complexity index is 1640. The SMILES string of the molecule is COCCO[C@H]1C[C@@H]2CC[C@@H](C)[C@@](O)(CCN3CCCC[C@H]3CO[C@H]([C@H](C)C[C@@H]3CC[C@@H](OCCCN4CCO[C@@H](C)C4)[C@H](OC)C3)CC[C@@H](C)/C=C(\C)[C@@H](O)[C@H](OC)C[C@H](C)C[C@H](C)/C=C/C=C/C=C/1C)O2. The highest BCUT2D eigenvalue weighted by atomic mass is 16.6. The second kappa shape index (κ2) is 33.0. The van der Waals surface area contributed by atoms with E-state index in [1.165, 1.54) is 6.42 Å². The van der Waals surface area contributed by atoms with Gasteiger partial charge in [-0.25, -0.2) is 0 Å². The zero-order chi connectivity index (χ0) is 52.8. The molecule has 12 nitrogen and oxygen atoms in total. The van der Waals surface area contributed by atoms with Crippen molar-refractivity contribution < 1.29 is 48.1 Å². The van der Waals surface area contributed by atoms with Crippen LogP contribution in [0.5, 0.6) is 0 Å². The fourth-order valence-electron chi connectivity index (χ4n) is 12.8. The summed E-state index contributed by atoms with van der Waals surface area (Å²) in [5, 5.41) is 24.0. The lowest BCUT2D eigenvalue weighted by atomic mass is 9.78. The minimum atomic E-state index is -1.21. The molecule has 1 saturated carbocycles. The van der Waals surface area contributed by atoms with E-state index in [9.17, 15) is 10.2 Å². The molecular weight excluding hydrogens is 921 g/mol. The molecule has 0 aromatic carbocycles. The summed E-state index contributed by atoms with van der Waals surface area (Å²) < 4.78 is 50.2.